The molecule has 3 atom stereocenters. The largest absolute Gasteiger partial charge is 0.309 e. The first kappa shape index (κ1) is 14.3. The summed E-state index contributed by atoms with van der Waals surface area (Å²) in [5.74, 6) is 1.32. The molecular formula is C17H24N4. The molecule has 3 rings (SSSR count). The van der Waals surface area contributed by atoms with Gasteiger partial charge in [-0.15, -0.1) is 5.10 Å². The van der Waals surface area contributed by atoms with Crippen molar-refractivity contribution in [3.8, 4) is 0 Å². The van der Waals surface area contributed by atoms with Crippen LogP contribution in [0.4, 0.5) is 0 Å². The summed E-state index contributed by atoms with van der Waals surface area (Å²) in [5, 5.41) is 12.0. The van der Waals surface area contributed by atoms with E-state index in [-0.39, 0.29) is 0 Å². The zero-order chi connectivity index (χ0) is 14.7. The third-order valence-electron chi connectivity index (χ3n) is 4.32. The number of aryl methyl sites for hydroxylation is 1. The van der Waals surface area contributed by atoms with Crippen LogP contribution in [0.5, 0.6) is 0 Å². The van der Waals surface area contributed by atoms with Gasteiger partial charge in [-0.25, -0.2) is 4.68 Å². The number of benzene rings is 1. The topological polar surface area (TPSA) is 42.7 Å². The van der Waals surface area contributed by atoms with E-state index in [1.54, 1.807) is 0 Å². The van der Waals surface area contributed by atoms with Crippen LogP contribution >= 0.6 is 0 Å². The van der Waals surface area contributed by atoms with Crippen LogP contribution in [0.25, 0.3) is 0 Å². The molecule has 0 spiro atoms. The SMILES string of the molecule is CCCn1nncc1C(NCC)C1CC1c1ccccc1. The Bertz CT molecular complexity index is 563. The van der Waals surface area contributed by atoms with Gasteiger partial charge in [0.05, 0.1) is 17.9 Å². The van der Waals surface area contributed by atoms with Crippen molar-refractivity contribution in [2.45, 2.75) is 45.2 Å². The smallest absolute Gasteiger partial charge is 0.0759 e. The van der Waals surface area contributed by atoms with Crippen molar-refractivity contribution in [2.75, 3.05) is 6.54 Å². The van der Waals surface area contributed by atoms with Crippen LogP contribution in [0.1, 0.15) is 49.9 Å². The number of nitrogens with zero attached hydrogens (tertiary/aromatic N) is 3. The number of hydrogen-bond acceptors (Lipinski definition) is 3. The molecule has 4 nitrogen and oxygen atoms in total. The predicted molar refractivity (Wildman–Crippen MR) is 84.0 cm³/mol. The molecule has 1 fully saturated rings. The van der Waals surface area contributed by atoms with E-state index < -0.39 is 0 Å². The van der Waals surface area contributed by atoms with Crippen molar-refractivity contribution >= 4 is 0 Å². The molecule has 1 aromatic heterocycles. The average molecular weight is 284 g/mol. The number of hydrogen-bond donors (Lipinski definition) is 1. The summed E-state index contributed by atoms with van der Waals surface area (Å²) in [6.07, 6.45) is 4.27. The molecule has 1 N–H and O–H groups in total. The van der Waals surface area contributed by atoms with E-state index >= 15 is 0 Å². The van der Waals surface area contributed by atoms with Crippen molar-refractivity contribution in [3.63, 3.8) is 0 Å². The highest BCUT2D eigenvalue weighted by atomic mass is 15.4. The van der Waals surface area contributed by atoms with Crippen molar-refractivity contribution in [1.82, 2.24) is 20.3 Å². The van der Waals surface area contributed by atoms with E-state index in [2.05, 4.69) is 64.5 Å². The lowest BCUT2D eigenvalue weighted by Gasteiger charge is -2.19. The summed E-state index contributed by atoms with van der Waals surface area (Å²) in [5.41, 5.74) is 2.70. The van der Waals surface area contributed by atoms with Gasteiger partial charge in [0.1, 0.15) is 0 Å². The minimum atomic E-state index is 0.363. The molecule has 0 aliphatic heterocycles. The van der Waals surface area contributed by atoms with Crippen molar-refractivity contribution in [3.05, 3.63) is 47.8 Å². The Morgan fingerprint density at radius 1 is 1.29 bits per heavy atom. The van der Waals surface area contributed by atoms with Crippen LogP contribution in [-0.4, -0.2) is 21.5 Å². The summed E-state index contributed by atoms with van der Waals surface area (Å²) in [7, 11) is 0. The van der Waals surface area contributed by atoms with E-state index in [4.69, 9.17) is 0 Å². The molecule has 1 aliphatic rings. The van der Waals surface area contributed by atoms with Gasteiger partial charge in [0, 0.05) is 6.54 Å². The van der Waals surface area contributed by atoms with Gasteiger partial charge in [0.15, 0.2) is 0 Å². The lowest BCUT2D eigenvalue weighted by atomic mass is 10.0. The Labute approximate surface area is 126 Å². The molecule has 2 aromatic rings. The Balaban J connectivity index is 1.78. The highest BCUT2D eigenvalue weighted by molar-refractivity contribution is 5.28. The highest BCUT2D eigenvalue weighted by Crippen LogP contribution is 2.53. The fraction of sp³-hybridized carbons (Fsp3) is 0.529. The second kappa shape index (κ2) is 6.39. The van der Waals surface area contributed by atoms with Gasteiger partial charge in [-0.3, -0.25) is 0 Å². The molecule has 1 aromatic carbocycles. The van der Waals surface area contributed by atoms with Gasteiger partial charge in [-0.1, -0.05) is 49.4 Å². The summed E-state index contributed by atoms with van der Waals surface area (Å²) in [4.78, 5) is 0. The molecule has 1 aliphatic carbocycles. The number of rotatable bonds is 7. The second-order valence-electron chi connectivity index (χ2n) is 5.83. The average Bonchev–Trinajstić information content (AvgIpc) is 3.18. The van der Waals surface area contributed by atoms with E-state index in [1.807, 2.05) is 6.20 Å². The third kappa shape index (κ3) is 3.00. The van der Waals surface area contributed by atoms with Gasteiger partial charge >= 0.3 is 0 Å². The molecule has 0 bridgehead atoms. The first-order valence-corrected chi connectivity index (χ1v) is 8.01. The summed E-state index contributed by atoms with van der Waals surface area (Å²) < 4.78 is 2.06. The normalized spacial score (nSPS) is 22.2. The maximum atomic E-state index is 4.24. The molecule has 1 saturated carbocycles. The third-order valence-corrected chi connectivity index (χ3v) is 4.32. The highest BCUT2D eigenvalue weighted by Gasteiger charge is 2.45. The van der Waals surface area contributed by atoms with Crippen molar-refractivity contribution in [2.24, 2.45) is 5.92 Å². The molecule has 0 radical (unpaired) electrons. The molecule has 3 unspecified atom stereocenters. The molecule has 112 valence electrons. The molecule has 0 saturated heterocycles. The number of nitrogens with one attached hydrogen (secondary N) is 1. The first-order chi connectivity index (χ1) is 10.3. The first-order valence-electron chi connectivity index (χ1n) is 8.01. The Hall–Kier alpha value is -1.68. The lowest BCUT2D eigenvalue weighted by molar-refractivity contribution is 0.435. The predicted octanol–water partition coefficient (Wildman–Crippen LogP) is 3.14. The van der Waals surface area contributed by atoms with Gasteiger partial charge in [-0.2, -0.15) is 0 Å². The summed E-state index contributed by atoms with van der Waals surface area (Å²) in [6, 6.07) is 11.2. The van der Waals surface area contributed by atoms with Crippen LogP contribution in [-0.2, 0) is 6.54 Å². The van der Waals surface area contributed by atoms with Crippen LogP contribution in [0.15, 0.2) is 36.5 Å². The minimum absolute atomic E-state index is 0.363. The maximum Gasteiger partial charge on any atom is 0.0759 e. The van der Waals surface area contributed by atoms with Crippen molar-refractivity contribution < 1.29 is 0 Å². The summed E-state index contributed by atoms with van der Waals surface area (Å²) >= 11 is 0. The zero-order valence-corrected chi connectivity index (χ0v) is 12.9. The standard InChI is InChI=1S/C17H24N4/c1-3-10-21-16(12-19-20-21)17(18-4-2)15-11-14(15)13-8-6-5-7-9-13/h5-9,12,14-15,17-18H,3-4,10-11H2,1-2H3. The molecule has 21 heavy (non-hydrogen) atoms. The van der Waals surface area contributed by atoms with Crippen molar-refractivity contribution in [1.29, 1.82) is 0 Å². The van der Waals surface area contributed by atoms with Crippen LogP contribution in [0.3, 0.4) is 0 Å². The quantitative estimate of drug-likeness (QED) is 0.849. The maximum absolute atomic E-state index is 4.24. The van der Waals surface area contributed by atoms with Gasteiger partial charge in [-0.05, 0) is 36.8 Å². The van der Waals surface area contributed by atoms with Crippen LogP contribution < -0.4 is 5.32 Å². The number of aromatic nitrogens is 3. The van der Waals surface area contributed by atoms with E-state index in [0.29, 0.717) is 17.9 Å². The molecule has 4 heteroatoms. The van der Waals surface area contributed by atoms with E-state index in [9.17, 15) is 0 Å². The van der Waals surface area contributed by atoms with Gasteiger partial charge in [0.25, 0.3) is 0 Å². The van der Waals surface area contributed by atoms with E-state index in [1.165, 1.54) is 17.7 Å². The van der Waals surface area contributed by atoms with Gasteiger partial charge in [0.2, 0.25) is 0 Å². The fourth-order valence-corrected chi connectivity index (χ4v) is 3.25. The monoisotopic (exact) mass is 284 g/mol. The molecule has 0 amide bonds. The molecular weight excluding hydrogens is 260 g/mol. The fourth-order valence-electron chi connectivity index (χ4n) is 3.25. The molecule has 1 heterocycles. The van der Waals surface area contributed by atoms with Gasteiger partial charge < -0.3 is 5.32 Å². The van der Waals surface area contributed by atoms with Crippen LogP contribution in [0, 0.1) is 5.92 Å². The minimum Gasteiger partial charge on any atom is -0.309 e. The summed E-state index contributed by atoms with van der Waals surface area (Å²) in [6.45, 7) is 6.26. The van der Waals surface area contributed by atoms with Crippen LogP contribution in [0.2, 0.25) is 0 Å². The Morgan fingerprint density at radius 2 is 2.10 bits per heavy atom. The second-order valence-corrected chi connectivity index (χ2v) is 5.83. The lowest BCUT2D eigenvalue weighted by Crippen LogP contribution is -2.26. The zero-order valence-electron chi connectivity index (χ0n) is 12.9. The Kier molecular flexibility index (Phi) is 4.34. The van der Waals surface area contributed by atoms with E-state index in [0.717, 1.165) is 19.5 Å². The Morgan fingerprint density at radius 3 is 2.81 bits per heavy atom.